The maximum Gasteiger partial charge on any atom is 0.326 e. The van der Waals surface area contributed by atoms with Crippen molar-refractivity contribution in [3.63, 3.8) is 0 Å². The number of carbonyl (C=O) groups excluding carboxylic acids is 1. The molecule has 2 amide bonds. The summed E-state index contributed by atoms with van der Waals surface area (Å²) < 4.78 is 0. The number of amides is 2. The van der Waals surface area contributed by atoms with Crippen molar-refractivity contribution in [2.24, 2.45) is 4.99 Å². The lowest BCUT2D eigenvalue weighted by Crippen LogP contribution is -2.43. The maximum absolute atomic E-state index is 11.9. The van der Waals surface area contributed by atoms with Crippen LogP contribution >= 0.6 is 0 Å². The van der Waals surface area contributed by atoms with Gasteiger partial charge in [-0.3, -0.25) is 10.3 Å². The number of aryl methyl sites for hydroxylation is 2. The van der Waals surface area contributed by atoms with Crippen molar-refractivity contribution in [1.82, 2.24) is 10.6 Å². The molecule has 0 saturated heterocycles. The lowest BCUT2D eigenvalue weighted by molar-refractivity contribution is 0.256. The van der Waals surface area contributed by atoms with Crippen molar-refractivity contribution in [1.29, 1.82) is 0 Å². The minimum atomic E-state index is -0.324. The first kappa shape index (κ1) is 14.8. The summed E-state index contributed by atoms with van der Waals surface area (Å²) in [6.07, 6.45) is 1.69. The number of rotatable bonds is 3. The quantitative estimate of drug-likeness (QED) is 0.443. The van der Waals surface area contributed by atoms with Gasteiger partial charge in [0.2, 0.25) is 0 Å². The van der Waals surface area contributed by atoms with Gasteiger partial charge in [-0.1, -0.05) is 24.3 Å². The van der Waals surface area contributed by atoms with E-state index in [1.54, 1.807) is 13.1 Å². The number of hydrogen-bond donors (Lipinski definition) is 3. The van der Waals surface area contributed by atoms with E-state index < -0.39 is 0 Å². The van der Waals surface area contributed by atoms with Crippen LogP contribution in [-0.2, 0) is 0 Å². The Hall–Kier alpha value is -2.30. The van der Waals surface area contributed by atoms with E-state index in [4.69, 9.17) is 0 Å². The van der Waals surface area contributed by atoms with Gasteiger partial charge in [0.25, 0.3) is 0 Å². The fourth-order valence-electron chi connectivity index (χ4n) is 1.61. The first-order valence-electron chi connectivity index (χ1n) is 6.04. The van der Waals surface area contributed by atoms with Gasteiger partial charge in [-0.25, -0.2) is 4.79 Å². The third kappa shape index (κ3) is 4.46. The molecule has 0 aliphatic carbocycles. The summed E-state index contributed by atoms with van der Waals surface area (Å²) in [6, 6.07) is 5.54. The Morgan fingerprint density at radius 1 is 1.37 bits per heavy atom. The molecule has 0 aromatic heterocycles. The molecule has 102 valence electrons. The predicted octanol–water partition coefficient (Wildman–Crippen LogP) is 2.19. The Balaban J connectivity index is 2.67. The molecule has 19 heavy (non-hydrogen) atoms. The molecule has 0 aliphatic rings. The molecule has 1 aromatic carbocycles. The molecular formula is C14H20N4O. The fraction of sp³-hybridized carbons (Fsp3) is 0.286. The number of para-hydroxylation sites is 1. The van der Waals surface area contributed by atoms with Gasteiger partial charge < -0.3 is 10.6 Å². The van der Waals surface area contributed by atoms with Crippen molar-refractivity contribution >= 4 is 17.7 Å². The Kier molecular flexibility index (Phi) is 5.60. The molecule has 0 fully saturated rings. The Morgan fingerprint density at radius 3 is 2.53 bits per heavy atom. The van der Waals surface area contributed by atoms with Crippen LogP contribution in [0.1, 0.15) is 11.1 Å². The normalized spacial score (nSPS) is 10.8. The van der Waals surface area contributed by atoms with Gasteiger partial charge in [-0.2, -0.15) is 0 Å². The average Bonchev–Trinajstić information content (AvgIpc) is 2.39. The van der Waals surface area contributed by atoms with Gasteiger partial charge in [0.05, 0.1) is 0 Å². The molecule has 1 rings (SSSR count). The minimum Gasteiger partial charge on any atom is -0.353 e. The lowest BCUT2D eigenvalue weighted by atomic mass is 10.1. The van der Waals surface area contributed by atoms with Gasteiger partial charge in [-0.05, 0) is 25.0 Å². The first-order valence-corrected chi connectivity index (χ1v) is 6.04. The van der Waals surface area contributed by atoms with Crippen LogP contribution in [0.4, 0.5) is 10.5 Å². The molecule has 0 heterocycles. The third-order valence-electron chi connectivity index (χ3n) is 2.59. The Bertz CT molecular complexity index is 474. The topological polar surface area (TPSA) is 65.5 Å². The molecule has 5 heteroatoms. The van der Waals surface area contributed by atoms with E-state index in [0.717, 1.165) is 16.8 Å². The second kappa shape index (κ2) is 7.20. The van der Waals surface area contributed by atoms with Gasteiger partial charge in [0.15, 0.2) is 5.96 Å². The van der Waals surface area contributed by atoms with Crippen LogP contribution in [0, 0.1) is 13.8 Å². The van der Waals surface area contributed by atoms with Crippen LogP contribution in [0.25, 0.3) is 0 Å². The summed E-state index contributed by atoms with van der Waals surface area (Å²) in [5.41, 5.74) is 2.85. The summed E-state index contributed by atoms with van der Waals surface area (Å²) in [5, 5.41) is 8.39. The second-order valence-electron chi connectivity index (χ2n) is 4.09. The van der Waals surface area contributed by atoms with Crippen LogP contribution in [-0.4, -0.2) is 25.6 Å². The van der Waals surface area contributed by atoms with Crippen LogP contribution in [0.2, 0.25) is 0 Å². The van der Waals surface area contributed by atoms with Crippen LogP contribution in [0.15, 0.2) is 35.8 Å². The number of hydrogen-bond acceptors (Lipinski definition) is 2. The summed E-state index contributed by atoms with van der Waals surface area (Å²) in [4.78, 5) is 15.8. The molecule has 5 nitrogen and oxygen atoms in total. The second-order valence-corrected chi connectivity index (χ2v) is 4.09. The van der Waals surface area contributed by atoms with E-state index in [-0.39, 0.29) is 6.03 Å². The minimum absolute atomic E-state index is 0.324. The van der Waals surface area contributed by atoms with Crippen LogP contribution in [0.3, 0.4) is 0 Å². The molecule has 3 N–H and O–H groups in total. The molecule has 0 atom stereocenters. The molecule has 0 radical (unpaired) electrons. The highest BCUT2D eigenvalue weighted by atomic mass is 16.2. The SMILES string of the molecule is C=CCNC(=NC)NC(=O)Nc1c(C)cccc1C. The number of anilines is 1. The van der Waals surface area contributed by atoms with Crippen molar-refractivity contribution in [2.45, 2.75) is 13.8 Å². The maximum atomic E-state index is 11.9. The Labute approximate surface area is 113 Å². The van der Waals surface area contributed by atoms with Gasteiger partial charge in [-0.15, -0.1) is 6.58 Å². The zero-order chi connectivity index (χ0) is 14.3. The van der Waals surface area contributed by atoms with E-state index in [2.05, 4.69) is 27.5 Å². The molecular weight excluding hydrogens is 240 g/mol. The molecule has 0 unspecified atom stereocenters. The number of nitrogens with zero attached hydrogens (tertiary/aromatic N) is 1. The van der Waals surface area contributed by atoms with E-state index >= 15 is 0 Å². The molecule has 0 aliphatic heterocycles. The highest BCUT2D eigenvalue weighted by molar-refractivity contribution is 6.03. The first-order chi connectivity index (χ1) is 9.08. The van der Waals surface area contributed by atoms with Gasteiger partial charge in [0, 0.05) is 19.3 Å². The van der Waals surface area contributed by atoms with Gasteiger partial charge in [0.1, 0.15) is 0 Å². The fourth-order valence-corrected chi connectivity index (χ4v) is 1.61. The van der Waals surface area contributed by atoms with E-state index in [0.29, 0.717) is 12.5 Å². The number of benzene rings is 1. The average molecular weight is 260 g/mol. The number of carbonyl (C=O) groups is 1. The largest absolute Gasteiger partial charge is 0.353 e. The molecule has 0 saturated carbocycles. The smallest absolute Gasteiger partial charge is 0.326 e. The predicted molar refractivity (Wildman–Crippen MR) is 79.6 cm³/mol. The van der Waals surface area contributed by atoms with Crippen molar-refractivity contribution in [3.05, 3.63) is 42.0 Å². The van der Waals surface area contributed by atoms with E-state index in [1.807, 2.05) is 32.0 Å². The standard InChI is InChI=1S/C14H20N4O/c1-5-9-16-13(15-4)18-14(19)17-12-10(2)7-6-8-11(12)3/h5-8H,1,9H2,2-4H3,(H3,15,16,17,18,19). The monoisotopic (exact) mass is 260 g/mol. The number of guanidine groups is 1. The van der Waals surface area contributed by atoms with Crippen molar-refractivity contribution < 1.29 is 4.79 Å². The molecule has 0 bridgehead atoms. The molecule has 1 aromatic rings. The van der Waals surface area contributed by atoms with Gasteiger partial charge >= 0.3 is 6.03 Å². The van der Waals surface area contributed by atoms with Crippen molar-refractivity contribution in [2.75, 3.05) is 18.9 Å². The Morgan fingerprint density at radius 2 is 2.00 bits per heavy atom. The summed E-state index contributed by atoms with van der Waals surface area (Å²) >= 11 is 0. The highest BCUT2D eigenvalue weighted by Crippen LogP contribution is 2.18. The van der Waals surface area contributed by atoms with Crippen molar-refractivity contribution in [3.8, 4) is 0 Å². The number of urea groups is 1. The van der Waals surface area contributed by atoms with E-state index in [1.165, 1.54) is 0 Å². The zero-order valence-electron chi connectivity index (χ0n) is 11.6. The zero-order valence-corrected chi connectivity index (χ0v) is 11.6. The third-order valence-corrected chi connectivity index (χ3v) is 2.59. The van der Waals surface area contributed by atoms with Crippen LogP contribution in [0.5, 0.6) is 0 Å². The summed E-state index contributed by atoms with van der Waals surface area (Å²) in [7, 11) is 1.60. The van der Waals surface area contributed by atoms with E-state index in [9.17, 15) is 4.79 Å². The van der Waals surface area contributed by atoms with Crippen LogP contribution < -0.4 is 16.0 Å². The summed E-state index contributed by atoms with van der Waals surface area (Å²) in [6.45, 7) is 8.03. The highest BCUT2D eigenvalue weighted by Gasteiger charge is 2.08. The number of nitrogens with one attached hydrogen (secondary N) is 3. The molecule has 0 spiro atoms. The number of aliphatic imine (C=N–C) groups is 1. The lowest BCUT2D eigenvalue weighted by Gasteiger charge is -2.13. The summed E-state index contributed by atoms with van der Waals surface area (Å²) in [5.74, 6) is 0.406.